The Morgan fingerprint density at radius 2 is 1.86 bits per heavy atom. The Kier molecular flexibility index (Phi) is 5.70. The van der Waals surface area contributed by atoms with Gasteiger partial charge in [-0.05, 0) is 44.5 Å². The van der Waals surface area contributed by atoms with E-state index in [1.807, 2.05) is 0 Å². The fourth-order valence-corrected chi connectivity index (χ4v) is 5.53. The van der Waals surface area contributed by atoms with E-state index in [9.17, 15) is 39.6 Å². The molecule has 0 unspecified atom stereocenters. The Balaban J connectivity index is 1.90. The zero-order valence-corrected chi connectivity index (χ0v) is 19.0. The minimum absolute atomic E-state index is 0.00180. The number of aliphatic hydroxyl groups is 3. The van der Waals surface area contributed by atoms with Crippen LogP contribution >= 0.6 is 0 Å². The highest BCUT2D eigenvalue weighted by molar-refractivity contribution is 6.25. The molecule has 0 aliphatic heterocycles. The summed E-state index contributed by atoms with van der Waals surface area (Å²) in [6.45, 7) is -0.357. The number of nitrogens with zero attached hydrogens (tertiary/aromatic N) is 1. The van der Waals surface area contributed by atoms with Crippen LogP contribution in [0.5, 0.6) is 5.75 Å². The number of likely N-dealkylation sites (N-methyl/N-ethyl adjacent to an activating group) is 1. The Morgan fingerprint density at radius 1 is 1.20 bits per heavy atom. The number of phenols is 1. The van der Waals surface area contributed by atoms with Crippen molar-refractivity contribution in [2.24, 2.45) is 23.3 Å². The number of aromatic hydroxyl groups is 1. The topological polar surface area (TPSA) is 217 Å². The smallest absolute Gasteiger partial charge is 0.255 e. The van der Waals surface area contributed by atoms with E-state index >= 15 is 0 Å². The number of fused-ring (bicyclic) bond motifs is 3. The number of rotatable bonds is 4. The van der Waals surface area contributed by atoms with Gasteiger partial charge in [-0.2, -0.15) is 0 Å². The predicted octanol–water partition coefficient (Wildman–Crippen LogP) is -0.982. The number of amides is 2. The molecule has 0 spiro atoms. The fraction of sp³-hybridized carbons (Fsp3) is 0.391. The summed E-state index contributed by atoms with van der Waals surface area (Å²) in [5.74, 6) is -7.91. The van der Waals surface area contributed by atoms with E-state index in [-0.39, 0.29) is 36.2 Å². The van der Waals surface area contributed by atoms with Crippen molar-refractivity contribution in [2.75, 3.05) is 26.0 Å². The monoisotopic (exact) mass is 486 g/mol. The molecule has 3 aliphatic rings. The SMILES string of the molecule is CN(C)[C@H]1C(O)=C(C(N)=O)C(=O)[C@@]2(O)C(O)=C3C(=O)c4c(ccc(NC(=O)CN)c4O)C[C@@H]3C[C@@H]12. The van der Waals surface area contributed by atoms with Gasteiger partial charge in [0.05, 0.1) is 23.8 Å². The number of Topliss-reactive ketones (excluding diaryl/α,β-unsaturated/α-hetero) is 2. The molecule has 0 aromatic heterocycles. The maximum Gasteiger partial charge on any atom is 0.255 e. The Labute approximate surface area is 199 Å². The number of nitrogens with one attached hydrogen (secondary N) is 1. The Hall–Kier alpha value is -3.74. The minimum Gasteiger partial charge on any atom is -0.510 e. The molecule has 2 amide bonds. The zero-order chi connectivity index (χ0) is 26.0. The summed E-state index contributed by atoms with van der Waals surface area (Å²) in [5, 5.41) is 46.5. The lowest BCUT2D eigenvalue weighted by molar-refractivity contribution is -0.148. The summed E-state index contributed by atoms with van der Waals surface area (Å²) >= 11 is 0. The van der Waals surface area contributed by atoms with Gasteiger partial charge in [0.1, 0.15) is 17.1 Å². The van der Waals surface area contributed by atoms with Crippen molar-refractivity contribution in [3.8, 4) is 5.75 Å². The first kappa shape index (κ1) is 24.4. The average Bonchev–Trinajstić information content (AvgIpc) is 2.77. The van der Waals surface area contributed by atoms with E-state index in [4.69, 9.17) is 11.5 Å². The van der Waals surface area contributed by atoms with Crippen LogP contribution in [0.15, 0.2) is 34.8 Å². The maximum absolute atomic E-state index is 13.5. The molecule has 0 saturated heterocycles. The summed E-state index contributed by atoms with van der Waals surface area (Å²) < 4.78 is 0. The van der Waals surface area contributed by atoms with Crippen LogP contribution in [0.3, 0.4) is 0 Å². The lowest BCUT2D eigenvalue weighted by Gasteiger charge is -2.50. The Morgan fingerprint density at radius 3 is 2.43 bits per heavy atom. The normalized spacial score (nSPS) is 28.0. The molecule has 3 aliphatic carbocycles. The van der Waals surface area contributed by atoms with Crippen LogP contribution in [0.1, 0.15) is 22.3 Å². The molecule has 186 valence electrons. The van der Waals surface area contributed by atoms with Crippen molar-refractivity contribution >= 4 is 29.1 Å². The number of ketones is 2. The standard InChI is InChI=1S/C23H26N4O8/c1-27(2)16-10-6-9-5-8-3-4-11(26-12(28)7-24)17(29)13(8)18(30)14(9)20(32)23(10,35)21(33)15(19(16)31)22(25)34/h3-4,9-10,16,29,31-32,35H,5-7,24H2,1-2H3,(H2,25,34)(H,26,28)/t9-,10+,16-,23+/m1/s1. The van der Waals surface area contributed by atoms with Crippen molar-refractivity contribution in [3.05, 3.63) is 45.9 Å². The molecule has 0 radical (unpaired) electrons. The van der Waals surface area contributed by atoms with Crippen molar-refractivity contribution in [3.63, 3.8) is 0 Å². The van der Waals surface area contributed by atoms with Gasteiger partial charge in [-0.1, -0.05) is 6.07 Å². The lowest BCUT2D eigenvalue weighted by atomic mass is 9.58. The van der Waals surface area contributed by atoms with Gasteiger partial charge in [0.25, 0.3) is 5.91 Å². The zero-order valence-electron chi connectivity index (χ0n) is 19.0. The quantitative estimate of drug-likeness (QED) is 0.204. The van der Waals surface area contributed by atoms with Crippen LogP contribution in [-0.4, -0.2) is 81.0 Å². The van der Waals surface area contributed by atoms with Crippen LogP contribution in [-0.2, 0) is 20.8 Å². The van der Waals surface area contributed by atoms with E-state index in [1.165, 1.54) is 11.0 Å². The molecular weight excluding hydrogens is 460 g/mol. The number of aliphatic hydroxyl groups excluding tert-OH is 2. The summed E-state index contributed by atoms with van der Waals surface area (Å²) in [5.41, 5.74) is 6.92. The first-order valence-electron chi connectivity index (χ1n) is 10.9. The molecule has 0 saturated carbocycles. The van der Waals surface area contributed by atoms with Gasteiger partial charge in [0.15, 0.2) is 17.1 Å². The molecule has 4 rings (SSSR count). The highest BCUT2D eigenvalue weighted by Gasteiger charge is 2.63. The second-order valence-electron chi connectivity index (χ2n) is 9.21. The molecule has 35 heavy (non-hydrogen) atoms. The van der Waals surface area contributed by atoms with Gasteiger partial charge >= 0.3 is 0 Å². The van der Waals surface area contributed by atoms with Gasteiger partial charge in [-0.3, -0.25) is 24.1 Å². The number of benzene rings is 1. The van der Waals surface area contributed by atoms with Crippen molar-refractivity contribution < 1.29 is 39.6 Å². The summed E-state index contributed by atoms with van der Waals surface area (Å²) in [6, 6.07) is 1.91. The molecule has 9 N–H and O–H groups in total. The molecular formula is C23H26N4O8. The van der Waals surface area contributed by atoms with Gasteiger partial charge in [-0.25, -0.2) is 0 Å². The predicted molar refractivity (Wildman–Crippen MR) is 121 cm³/mol. The number of carbonyl (C=O) groups excluding carboxylic acids is 4. The first-order valence-corrected chi connectivity index (χ1v) is 10.9. The number of primary amides is 1. The number of hydrogen-bond acceptors (Lipinski definition) is 10. The summed E-state index contributed by atoms with van der Waals surface area (Å²) in [4.78, 5) is 51.9. The van der Waals surface area contributed by atoms with Crippen LogP contribution in [0.25, 0.3) is 0 Å². The van der Waals surface area contributed by atoms with Crippen molar-refractivity contribution in [1.82, 2.24) is 4.90 Å². The molecule has 0 heterocycles. The molecule has 1 aromatic carbocycles. The molecule has 12 heteroatoms. The number of allylic oxidation sites excluding steroid dienone is 1. The molecule has 4 atom stereocenters. The van der Waals surface area contributed by atoms with E-state index in [0.717, 1.165) is 0 Å². The average molecular weight is 486 g/mol. The lowest BCUT2D eigenvalue weighted by Crippen LogP contribution is -2.63. The molecule has 12 nitrogen and oxygen atoms in total. The minimum atomic E-state index is -2.70. The highest BCUT2D eigenvalue weighted by Crippen LogP contribution is 2.52. The van der Waals surface area contributed by atoms with Gasteiger partial charge in [0.2, 0.25) is 11.7 Å². The summed E-state index contributed by atoms with van der Waals surface area (Å²) in [6.07, 6.45) is 0.158. The molecule has 0 bridgehead atoms. The number of anilines is 1. The summed E-state index contributed by atoms with van der Waals surface area (Å²) in [7, 11) is 3.12. The number of nitrogens with two attached hydrogens (primary N) is 2. The second-order valence-corrected chi connectivity index (χ2v) is 9.21. The van der Waals surface area contributed by atoms with E-state index in [1.54, 1.807) is 20.2 Å². The largest absolute Gasteiger partial charge is 0.510 e. The van der Waals surface area contributed by atoms with Crippen LogP contribution < -0.4 is 16.8 Å². The second kappa shape index (κ2) is 8.18. The van der Waals surface area contributed by atoms with Crippen LogP contribution in [0.2, 0.25) is 0 Å². The number of phenolic OH excluding ortho intramolecular Hbond substituents is 1. The fourth-order valence-electron chi connectivity index (χ4n) is 5.53. The highest BCUT2D eigenvalue weighted by atomic mass is 16.3. The third kappa shape index (κ3) is 3.32. The van der Waals surface area contributed by atoms with Crippen LogP contribution in [0.4, 0.5) is 5.69 Å². The third-order valence-corrected chi connectivity index (χ3v) is 7.05. The number of carbonyl (C=O) groups is 4. The van der Waals surface area contributed by atoms with Gasteiger partial charge in [0, 0.05) is 11.5 Å². The van der Waals surface area contributed by atoms with E-state index in [2.05, 4.69) is 5.32 Å². The van der Waals surface area contributed by atoms with E-state index in [0.29, 0.717) is 5.56 Å². The van der Waals surface area contributed by atoms with Crippen LogP contribution in [0, 0.1) is 11.8 Å². The van der Waals surface area contributed by atoms with Gasteiger partial charge < -0.3 is 37.2 Å². The maximum atomic E-state index is 13.5. The van der Waals surface area contributed by atoms with Gasteiger partial charge in [-0.15, -0.1) is 0 Å². The van der Waals surface area contributed by atoms with E-state index < -0.39 is 69.7 Å². The van der Waals surface area contributed by atoms with Crippen molar-refractivity contribution in [1.29, 1.82) is 0 Å². The third-order valence-electron chi connectivity index (χ3n) is 7.05. The van der Waals surface area contributed by atoms with Crippen molar-refractivity contribution in [2.45, 2.75) is 24.5 Å². The first-order chi connectivity index (χ1) is 16.4. The Bertz CT molecular complexity index is 1250. The molecule has 0 fully saturated rings. The number of hydrogen-bond donors (Lipinski definition) is 7. The molecule has 1 aromatic rings.